The number of amides is 1. The Balaban J connectivity index is 1.34. The Labute approximate surface area is 182 Å². The molecule has 0 radical (unpaired) electrons. The maximum atomic E-state index is 12.5. The maximum Gasteiger partial charge on any atom is 0.336 e. The van der Waals surface area contributed by atoms with E-state index in [9.17, 15) is 9.59 Å². The number of benzene rings is 2. The van der Waals surface area contributed by atoms with Gasteiger partial charge in [-0.1, -0.05) is 24.3 Å². The first-order valence-corrected chi connectivity index (χ1v) is 10.7. The molecule has 1 amide bonds. The monoisotopic (exact) mass is 419 g/mol. The van der Waals surface area contributed by atoms with Crippen LogP contribution in [-0.4, -0.2) is 48.4 Å². The summed E-state index contributed by atoms with van der Waals surface area (Å²) in [7, 11) is 0. The molecule has 1 aliphatic rings. The number of aryl methyl sites for hydroxylation is 3. The highest BCUT2D eigenvalue weighted by Gasteiger charge is 2.20. The smallest absolute Gasteiger partial charge is 0.336 e. The highest BCUT2D eigenvalue weighted by Crippen LogP contribution is 2.21. The van der Waals surface area contributed by atoms with Gasteiger partial charge in [0.05, 0.1) is 6.54 Å². The van der Waals surface area contributed by atoms with Crippen molar-refractivity contribution in [2.75, 3.05) is 38.0 Å². The van der Waals surface area contributed by atoms with Gasteiger partial charge in [0.1, 0.15) is 5.58 Å². The molecule has 0 unspecified atom stereocenters. The number of carbonyl (C=O) groups excluding carboxylic acids is 1. The molecule has 3 aromatic rings. The molecule has 0 saturated carbocycles. The van der Waals surface area contributed by atoms with Crippen LogP contribution in [0.4, 0.5) is 5.69 Å². The summed E-state index contributed by atoms with van der Waals surface area (Å²) in [5, 5.41) is 4.03. The van der Waals surface area contributed by atoms with Crippen LogP contribution in [-0.2, 0) is 11.3 Å². The van der Waals surface area contributed by atoms with Gasteiger partial charge in [-0.05, 0) is 55.2 Å². The van der Waals surface area contributed by atoms with E-state index in [0.29, 0.717) is 18.7 Å². The van der Waals surface area contributed by atoms with Crippen molar-refractivity contribution in [1.29, 1.82) is 0 Å². The van der Waals surface area contributed by atoms with Crippen LogP contribution in [0.3, 0.4) is 0 Å². The predicted octanol–water partition coefficient (Wildman–Crippen LogP) is 3.47. The van der Waals surface area contributed by atoms with E-state index in [1.54, 1.807) is 6.07 Å². The molecule has 0 atom stereocenters. The number of nitrogens with zero attached hydrogens (tertiary/aromatic N) is 2. The van der Waals surface area contributed by atoms with Crippen LogP contribution < -0.4 is 10.9 Å². The van der Waals surface area contributed by atoms with Gasteiger partial charge in [-0.15, -0.1) is 0 Å². The van der Waals surface area contributed by atoms with Crippen LogP contribution in [0.1, 0.15) is 22.3 Å². The van der Waals surface area contributed by atoms with E-state index < -0.39 is 0 Å². The number of piperazine rings is 1. The topological polar surface area (TPSA) is 65.8 Å². The minimum Gasteiger partial charge on any atom is -0.423 e. The van der Waals surface area contributed by atoms with Gasteiger partial charge in [0.2, 0.25) is 5.91 Å². The summed E-state index contributed by atoms with van der Waals surface area (Å²) in [6.45, 7) is 10.4. The molecule has 0 bridgehead atoms. The fourth-order valence-corrected chi connectivity index (χ4v) is 4.08. The van der Waals surface area contributed by atoms with E-state index >= 15 is 0 Å². The number of fused-ring (bicyclic) bond motifs is 1. The van der Waals surface area contributed by atoms with Crippen molar-refractivity contribution < 1.29 is 9.21 Å². The third kappa shape index (κ3) is 5.21. The second-order valence-corrected chi connectivity index (χ2v) is 8.51. The van der Waals surface area contributed by atoms with Crippen LogP contribution in [0, 0.1) is 20.8 Å². The fraction of sp³-hybridized carbons (Fsp3) is 0.360. The van der Waals surface area contributed by atoms with Crippen molar-refractivity contribution in [3.63, 3.8) is 0 Å². The molecule has 1 N–H and O–H groups in total. The zero-order valence-electron chi connectivity index (χ0n) is 18.4. The SMILES string of the molecule is Cc1ccc(C)c(NC(=O)CN2CCN(Cc3cc(=O)oc4cc(C)ccc34)CC2)c1. The Hall–Kier alpha value is -2.96. The van der Waals surface area contributed by atoms with Crippen LogP contribution >= 0.6 is 0 Å². The Morgan fingerprint density at radius 3 is 2.39 bits per heavy atom. The summed E-state index contributed by atoms with van der Waals surface area (Å²) in [6, 6.07) is 13.7. The molecule has 6 nitrogen and oxygen atoms in total. The zero-order chi connectivity index (χ0) is 22.0. The highest BCUT2D eigenvalue weighted by molar-refractivity contribution is 5.93. The molecule has 2 heterocycles. The molecule has 6 heteroatoms. The molecular weight excluding hydrogens is 390 g/mol. The molecule has 4 rings (SSSR count). The predicted molar refractivity (Wildman–Crippen MR) is 123 cm³/mol. The van der Waals surface area contributed by atoms with Gasteiger partial charge in [0.15, 0.2) is 0 Å². The first kappa shape index (κ1) is 21.3. The third-order valence-corrected chi connectivity index (χ3v) is 5.88. The molecule has 2 aromatic carbocycles. The van der Waals surface area contributed by atoms with Gasteiger partial charge in [-0.25, -0.2) is 4.79 Å². The molecule has 0 spiro atoms. The van der Waals surface area contributed by atoms with E-state index in [0.717, 1.165) is 59.5 Å². The lowest BCUT2D eigenvalue weighted by atomic mass is 10.1. The van der Waals surface area contributed by atoms with Crippen molar-refractivity contribution in [2.45, 2.75) is 27.3 Å². The van der Waals surface area contributed by atoms with Gasteiger partial charge in [0.25, 0.3) is 0 Å². The second-order valence-electron chi connectivity index (χ2n) is 8.51. The van der Waals surface area contributed by atoms with Crippen molar-refractivity contribution >= 4 is 22.6 Å². The lowest BCUT2D eigenvalue weighted by Crippen LogP contribution is -2.48. The van der Waals surface area contributed by atoms with Crippen LogP contribution in [0.15, 0.2) is 51.7 Å². The van der Waals surface area contributed by atoms with E-state index in [1.807, 2.05) is 57.2 Å². The molecular formula is C25H29N3O3. The Bertz CT molecular complexity index is 1160. The van der Waals surface area contributed by atoms with E-state index in [-0.39, 0.29) is 11.5 Å². The average Bonchev–Trinajstić information content (AvgIpc) is 2.71. The summed E-state index contributed by atoms with van der Waals surface area (Å²) >= 11 is 0. The fourth-order valence-electron chi connectivity index (χ4n) is 4.08. The average molecular weight is 420 g/mol. The summed E-state index contributed by atoms with van der Waals surface area (Å²) in [5.74, 6) is 0.0178. The van der Waals surface area contributed by atoms with Gasteiger partial charge in [0, 0.05) is 49.9 Å². The van der Waals surface area contributed by atoms with E-state index in [1.165, 1.54) is 0 Å². The first-order chi connectivity index (χ1) is 14.9. The van der Waals surface area contributed by atoms with Crippen molar-refractivity contribution in [1.82, 2.24) is 9.80 Å². The number of hydrogen-bond acceptors (Lipinski definition) is 5. The summed E-state index contributed by atoms with van der Waals surface area (Å²) < 4.78 is 5.37. The number of hydrogen-bond donors (Lipinski definition) is 1. The molecule has 1 saturated heterocycles. The molecule has 1 fully saturated rings. The second kappa shape index (κ2) is 9.04. The highest BCUT2D eigenvalue weighted by atomic mass is 16.4. The Morgan fingerprint density at radius 1 is 0.935 bits per heavy atom. The summed E-state index contributed by atoms with van der Waals surface area (Å²) in [5.41, 5.74) is 5.48. The number of carbonyl (C=O) groups is 1. The molecule has 1 aliphatic heterocycles. The normalized spacial score (nSPS) is 15.3. The van der Waals surface area contributed by atoms with Crippen LogP contribution in [0.2, 0.25) is 0 Å². The van der Waals surface area contributed by atoms with Crippen LogP contribution in [0.5, 0.6) is 0 Å². The summed E-state index contributed by atoms with van der Waals surface area (Å²) in [6.07, 6.45) is 0. The van der Waals surface area contributed by atoms with Gasteiger partial charge >= 0.3 is 5.63 Å². The van der Waals surface area contributed by atoms with E-state index in [4.69, 9.17) is 4.42 Å². The Kier molecular flexibility index (Phi) is 6.20. The van der Waals surface area contributed by atoms with Crippen molar-refractivity contribution in [3.8, 4) is 0 Å². The first-order valence-electron chi connectivity index (χ1n) is 10.7. The molecule has 0 aliphatic carbocycles. The van der Waals surface area contributed by atoms with Crippen LogP contribution in [0.25, 0.3) is 11.0 Å². The Morgan fingerprint density at radius 2 is 1.61 bits per heavy atom. The molecule has 162 valence electrons. The molecule has 1 aromatic heterocycles. The third-order valence-electron chi connectivity index (χ3n) is 5.88. The lowest BCUT2D eigenvalue weighted by Gasteiger charge is -2.34. The number of nitrogens with one attached hydrogen (secondary N) is 1. The lowest BCUT2D eigenvalue weighted by molar-refractivity contribution is -0.117. The summed E-state index contributed by atoms with van der Waals surface area (Å²) in [4.78, 5) is 29.0. The van der Waals surface area contributed by atoms with Crippen molar-refractivity contribution in [2.24, 2.45) is 0 Å². The minimum absolute atomic E-state index is 0.0178. The standard InChI is InChI=1S/C25H29N3O3/c1-17-4-6-19(3)22(12-17)26-24(29)16-28-10-8-27(9-11-28)15-20-14-25(30)31-23-13-18(2)5-7-21(20)23/h4-7,12-14H,8-11,15-16H2,1-3H3,(H,26,29). The van der Waals surface area contributed by atoms with Gasteiger partial charge in [-0.2, -0.15) is 0 Å². The number of rotatable bonds is 5. The minimum atomic E-state index is -0.310. The zero-order valence-corrected chi connectivity index (χ0v) is 18.4. The number of anilines is 1. The maximum absolute atomic E-state index is 12.5. The molecule has 31 heavy (non-hydrogen) atoms. The van der Waals surface area contributed by atoms with Gasteiger partial charge < -0.3 is 9.73 Å². The van der Waals surface area contributed by atoms with E-state index in [2.05, 4.69) is 15.1 Å². The quantitative estimate of drug-likeness (QED) is 0.642. The van der Waals surface area contributed by atoms with Crippen molar-refractivity contribution in [3.05, 3.63) is 75.1 Å². The largest absolute Gasteiger partial charge is 0.423 e. The van der Waals surface area contributed by atoms with Gasteiger partial charge in [-0.3, -0.25) is 14.6 Å².